The van der Waals surface area contributed by atoms with Gasteiger partial charge in [0.25, 0.3) is 0 Å². The highest BCUT2D eigenvalue weighted by Crippen LogP contribution is 2.69. The monoisotopic (exact) mass is 568 g/mol. The zero-order valence-electron chi connectivity index (χ0n) is 24.8. The molecule has 2 saturated carbocycles. The lowest BCUT2D eigenvalue weighted by atomic mass is 9.39. The summed E-state index contributed by atoms with van der Waals surface area (Å²) < 4.78 is 22.2. The minimum atomic E-state index is -2.16. The van der Waals surface area contributed by atoms with Crippen molar-refractivity contribution in [1.82, 2.24) is 0 Å². The van der Waals surface area contributed by atoms with Crippen molar-refractivity contribution in [2.75, 3.05) is 7.11 Å². The van der Waals surface area contributed by atoms with Gasteiger partial charge >= 0.3 is 17.9 Å². The summed E-state index contributed by atoms with van der Waals surface area (Å²) in [7, 11) is 1.30. The fraction of sp³-hybridized carbons (Fsp3) is 0.625. The Kier molecular flexibility index (Phi) is 6.92. The Morgan fingerprint density at radius 1 is 1.17 bits per heavy atom. The number of carbonyl (C=O) groups is 4. The molecule has 9 heteroatoms. The maximum absolute atomic E-state index is 14.5. The molecule has 0 radical (unpaired) electrons. The minimum absolute atomic E-state index is 0.0841. The number of cyclic esters (lactones) is 1. The van der Waals surface area contributed by atoms with Crippen LogP contribution in [0.15, 0.2) is 46.3 Å². The summed E-state index contributed by atoms with van der Waals surface area (Å²) in [5.41, 5.74) is -3.03. The number of hydrogen-bond donors (Lipinski definition) is 1. The number of hydrogen-bond acceptors (Lipinski definition) is 9. The number of esters is 3. The van der Waals surface area contributed by atoms with Gasteiger partial charge in [-0.2, -0.15) is 0 Å². The molecule has 4 aliphatic rings. The molecule has 8 atom stereocenters. The van der Waals surface area contributed by atoms with Crippen molar-refractivity contribution in [1.29, 1.82) is 0 Å². The van der Waals surface area contributed by atoms with E-state index in [2.05, 4.69) is 6.92 Å². The molecule has 0 spiro atoms. The second-order valence-corrected chi connectivity index (χ2v) is 13.3. The van der Waals surface area contributed by atoms with E-state index in [0.717, 1.165) is 11.1 Å². The molecule has 41 heavy (non-hydrogen) atoms. The Labute approximate surface area is 240 Å². The molecule has 9 nitrogen and oxygen atoms in total. The Morgan fingerprint density at radius 2 is 1.88 bits per heavy atom. The third kappa shape index (κ3) is 4.06. The van der Waals surface area contributed by atoms with E-state index < -0.39 is 57.7 Å². The summed E-state index contributed by atoms with van der Waals surface area (Å²) in [5, 5.41) is 12.4. The Balaban J connectivity index is 1.71. The zero-order chi connectivity index (χ0) is 30.1. The molecular formula is C32H40O9. The summed E-state index contributed by atoms with van der Waals surface area (Å²) >= 11 is 0. The van der Waals surface area contributed by atoms with E-state index in [1.165, 1.54) is 7.11 Å². The number of aliphatic hydroxyl groups is 1. The highest BCUT2D eigenvalue weighted by Gasteiger charge is 2.73. The lowest BCUT2D eigenvalue weighted by Crippen LogP contribution is -2.74. The molecule has 0 aromatic carbocycles. The van der Waals surface area contributed by atoms with E-state index in [-0.39, 0.29) is 30.6 Å². The van der Waals surface area contributed by atoms with Gasteiger partial charge in [-0.05, 0) is 56.6 Å². The van der Waals surface area contributed by atoms with Gasteiger partial charge in [0.15, 0.2) is 11.4 Å². The second-order valence-electron chi connectivity index (χ2n) is 13.3. The average molecular weight is 569 g/mol. The second kappa shape index (κ2) is 9.68. The Bertz CT molecular complexity index is 1340. The third-order valence-corrected chi connectivity index (χ3v) is 10.9. The standard InChI is InChI=1S/C32H40O9/c1-8-17(2)26(35)41-28-29(3,4)22(14-23(33)38-7)31(6)20-9-11-30(5)21(19(20)15-32(28,37)27(31)36)13-24(34)40-25(30)18-10-12-39-16-18/h8,10,12,15-16,20-22,25,28,37H,9,11,13-14H2,1-7H3/b17-8+/t20-,21+,22-,25-,28-,30+,31+,32-/m0/s1. The van der Waals surface area contributed by atoms with Gasteiger partial charge in [0.2, 0.25) is 0 Å². The first kappa shape index (κ1) is 29.3. The van der Waals surface area contributed by atoms with Crippen molar-refractivity contribution in [3.8, 4) is 0 Å². The highest BCUT2D eigenvalue weighted by atomic mass is 16.6. The van der Waals surface area contributed by atoms with Gasteiger partial charge in [-0.1, -0.05) is 39.3 Å². The molecule has 3 aliphatic carbocycles. The molecule has 3 fully saturated rings. The first-order valence-corrected chi connectivity index (χ1v) is 14.3. The third-order valence-electron chi connectivity index (χ3n) is 10.9. The SMILES string of the molecule is C/C=C(\C)C(=O)O[C@H]1C(C)(C)[C@H](CC(=O)OC)[C@]2(C)C(=O)[C@@]1(O)C=C1[C@H]3CC(=O)O[C@@H](c4ccoc4)[C@]3(C)CC[C@@H]12. The number of furan rings is 1. The summed E-state index contributed by atoms with van der Waals surface area (Å²) in [4.78, 5) is 53.4. The van der Waals surface area contributed by atoms with Crippen molar-refractivity contribution in [3.63, 3.8) is 0 Å². The fourth-order valence-corrected chi connectivity index (χ4v) is 8.60. The van der Waals surface area contributed by atoms with Crippen LogP contribution >= 0.6 is 0 Å². The molecule has 5 rings (SSSR count). The number of allylic oxidation sites excluding steroid dienone is 2. The van der Waals surface area contributed by atoms with Gasteiger partial charge in [-0.25, -0.2) is 4.79 Å². The van der Waals surface area contributed by atoms with Crippen molar-refractivity contribution >= 4 is 23.7 Å². The maximum atomic E-state index is 14.5. The predicted octanol–water partition coefficient (Wildman–Crippen LogP) is 4.64. The lowest BCUT2D eigenvalue weighted by Gasteiger charge is -2.65. The van der Waals surface area contributed by atoms with Gasteiger partial charge in [0, 0.05) is 33.8 Å². The quantitative estimate of drug-likeness (QED) is 0.234. The van der Waals surface area contributed by atoms with Crippen LogP contribution in [0.1, 0.15) is 78.9 Å². The van der Waals surface area contributed by atoms with Gasteiger partial charge < -0.3 is 23.7 Å². The Morgan fingerprint density at radius 3 is 2.49 bits per heavy atom. The van der Waals surface area contributed by atoms with E-state index in [9.17, 15) is 24.3 Å². The van der Waals surface area contributed by atoms with Crippen LogP contribution in [0, 0.1) is 34.0 Å². The van der Waals surface area contributed by atoms with Crippen LogP contribution in [0.2, 0.25) is 0 Å². The summed E-state index contributed by atoms with van der Waals surface area (Å²) in [5.74, 6) is -3.31. The minimum Gasteiger partial charge on any atom is -0.472 e. The smallest absolute Gasteiger partial charge is 0.333 e. The number of fused-ring (bicyclic) bond motifs is 6. The highest BCUT2D eigenvalue weighted by molar-refractivity contribution is 5.99. The number of rotatable bonds is 5. The van der Waals surface area contributed by atoms with Crippen molar-refractivity contribution < 1.29 is 42.9 Å². The molecule has 1 aromatic heterocycles. The molecule has 1 N–H and O–H groups in total. The van der Waals surface area contributed by atoms with Crippen LogP contribution in [-0.2, 0) is 33.4 Å². The number of Topliss-reactive ketones (excluding diaryl/α,β-unsaturated/α-hetero) is 1. The molecule has 2 heterocycles. The molecule has 1 aliphatic heterocycles. The summed E-state index contributed by atoms with van der Waals surface area (Å²) in [6, 6.07) is 1.79. The average Bonchev–Trinajstić information content (AvgIpc) is 3.46. The molecule has 1 aromatic rings. The number of methoxy groups -OCH3 is 1. The predicted molar refractivity (Wildman–Crippen MR) is 146 cm³/mol. The molecule has 222 valence electrons. The van der Waals surface area contributed by atoms with Crippen LogP contribution in [0.5, 0.6) is 0 Å². The van der Waals surface area contributed by atoms with Crippen molar-refractivity contribution in [3.05, 3.63) is 47.5 Å². The molecular weight excluding hydrogens is 528 g/mol. The van der Waals surface area contributed by atoms with E-state index in [1.54, 1.807) is 44.6 Å². The van der Waals surface area contributed by atoms with Crippen molar-refractivity contribution in [2.24, 2.45) is 34.0 Å². The summed E-state index contributed by atoms with van der Waals surface area (Å²) in [6.07, 6.45) is 5.67. The fourth-order valence-electron chi connectivity index (χ4n) is 8.60. The van der Waals surface area contributed by atoms with E-state index >= 15 is 0 Å². The van der Waals surface area contributed by atoms with Crippen LogP contribution in [0.4, 0.5) is 0 Å². The van der Waals surface area contributed by atoms with Gasteiger partial charge in [0.1, 0.15) is 12.2 Å². The lowest BCUT2D eigenvalue weighted by molar-refractivity contribution is -0.223. The zero-order valence-corrected chi connectivity index (χ0v) is 24.8. The van der Waals surface area contributed by atoms with E-state index in [0.29, 0.717) is 18.4 Å². The molecule has 0 amide bonds. The molecule has 1 saturated heterocycles. The Hall–Kier alpha value is -3.20. The first-order valence-electron chi connectivity index (χ1n) is 14.3. The van der Waals surface area contributed by atoms with Crippen LogP contribution < -0.4 is 0 Å². The van der Waals surface area contributed by atoms with Gasteiger partial charge in [0.05, 0.1) is 26.1 Å². The van der Waals surface area contributed by atoms with Crippen LogP contribution in [0.3, 0.4) is 0 Å². The number of ether oxygens (including phenoxy) is 3. The number of ketones is 1. The normalized spacial score (nSPS) is 39.6. The van der Waals surface area contributed by atoms with Crippen LogP contribution in [-0.4, -0.2) is 47.6 Å². The van der Waals surface area contributed by atoms with E-state index in [4.69, 9.17) is 18.6 Å². The summed E-state index contributed by atoms with van der Waals surface area (Å²) in [6.45, 7) is 10.9. The van der Waals surface area contributed by atoms with E-state index in [1.807, 2.05) is 20.8 Å². The maximum Gasteiger partial charge on any atom is 0.333 e. The first-order chi connectivity index (χ1) is 19.2. The van der Waals surface area contributed by atoms with Gasteiger partial charge in [-0.3, -0.25) is 14.4 Å². The van der Waals surface area contributed by atoms with Crippen LogP contribution in [0.25, 0.3) is 0 Å². The van der Waals surface area contributed by atoms with Crippen molar-refractivity contribution in [2.45, 2.75) is 85.0 Å². The number of carbonyl (C=O) groups excluding carboxylic acids is 4. The largest absolute Gasteiger partial charge is 0.472 e. The topological polar surface area (TPSA) is 129 Å². The van der Waals surface area contributed by atoms with Gasteiger partial charge in [-0.15, -0.1) is 0 Å². The molecule has 2 bridgehead atoms. The molecule has 0 unspecified atom stereocenters.